The van der Waals surface area contributed by atoms with E-state index in [1.54, 1.807) is 33.9 Å². The van der Waals surface area contributed by atoms with E-state index < -0.39 is 16.4 Å². The molecular formula is C28H29NO4S. The number of carbonyl (C=O) groups is 2. The normalized spacial score (nSPS) is 17.5. The van der Waals surface area contributed by atoms with Gasteiger partial charge in [-0.25, -0.2) is 9.69 Å². The Bertz CT molecular complexity index is 1230. The fourth-order valence-corrected chi connectivity index (χ4v) is 5.59. The summed E-state index contributed by atoms with van der Waals surface area (Å²) in [5.41, 5.74) is 3.49. The number of imide groups is 1. The first kappa shape index (κ1) is 23.9. The van der Waals surface area contributed by atoms with Gasteiger partial charge in [0.1, 0.15) is 11.4 Å². The number of hydrogen-bond donors (Lipinski definition) is 0. The number of carbonyl (C=O) groups excluding carboxylic acids is 2. The maximum absolute atomic E-state index is 14.3. The van der Waals surface area contributed by atoms with Crippen LogP contribution in [0.5, 0.6) is 5.75 Å². The lowest BCUT2D eigenvalue weighted by Crippen LogP contribution is -2.44. The lowest BCUT2D eigenvalue weighted by Gasteiger charge is -2.30. The highest BCUT2D eigenvalue weighted by Crippen LogP contribution is 2.56. The summed E-state index contributed by atoms with van der Waals surface area (Å²) in [5, 5.41) is 0. The van der Waals surface area contributed by atoms with Crippen molar-refractivity contribution in [1.29, 1.82) is 0 Å². The van der Waals surface area contributed by atoms with Crippen molar-refractivity contribution in [3.8, 4) is 5.75 Å². The molecule has 0 spiro atoms. The van der Waals surface area contributed by atoms with Crippen molar-refractivity contribution >= 4 is 29.4 Å². The standard InChI is InChI=1S/C28H29NO4S/c1-18-15-19(2)17-20(16-18)28(34-22-13-11-21(32-6)12-14-22)23-9-7-8-10-24(23)29(25(28)30)26(31)33-27(3,4)5/h7-17H,1-6H3/t28-/m0/s1. The first-order valence-electron chi connectivity index (χ1n) is 11.1. The molecule has 0 saturated carbocycles. The van der Waals surface area contributed by atoms with Crippen molar-refractivity contribution < 1.29 is 19.1 Å². The minimum absolute atomic E-state index is 0.339. The van der Waals surface area contributed by atoms with Crippen molar-refractivity contribution in [2.45, 2.75) is 49.9 Å². The van der Waals surface area contributed by atoms with Crippen LogP contribution in [0.25, 0.3) is 0 Å². The molecule has 34 heavy (non-hydrogen) atoms. The third-order valence-corrected chi connectivity index (χ3v) is 7.01. The van der Waals surface area contributed by atoms with E-state index in [9.17, 15) is 9.59 Å². The molecule has 1 aliphatic rings. The number of rotatable bonds is 4. The van der Waals surface area contributed by atoms with E-state index in [1.165, 1.54) is 16.7 Å². The van der Waals surface area contributed by atoms with Gasteiger partial charge in [0.2, 0.25) is 0 Å². The zero-order valence-corrected chi connectivity index (χ0v) is 21.2. The van der Waals surface area contributed by atoms with Crippen LogP contribution in [0.4, 0.5) is 10.5 Å². The van der Waals surface area contributed by atoms with Crippen molar-refractivity contribution in [3.63, 3.8) is 0 Å². The number of thioether (sulfide) groups is 1. The highest BCUT2D eigenvalue weighted by molar-refractivity contribution is 8.01. The Kier molecular flexibility index (Phi) is 6.21. The monoisotopic (exact) mass is 475 g/mol. The Labute approximate surface area is 205 Å². The van der Waals surface area contributed by atoms with Crippen LogP contribution in [0.3, 0.4) is 0 Å². The van der Waals surface area contributed by atoms with Gasteiger partial charge in [0.15, 0.2) is 4.75 Å². The minimum atomic E-state index is -1.15. The van der Waals surface area contributed by atoms with E-state index in [4.69, 9.17) is 9.47 Å². The molecule has 0 saturated heterocycles. The van der Waals surface area contributed by atoms with Gasteiger partial charge in [-0.1, -0.05) is 59.3 Å². The first-order chi connectivity index (χ1) is 16.0. The Morgan fingerprint density at radius 3 is 2.15 bits per heavy atom. The fraction of sp³-hybridized carbons (Fsp3) is 0.286. The molecular weight excluding hydrogens is 446 g/mol. The van der Waals surface area contributed by atoms with Crippen LogP contribution in [-0.4, -0.2) is 24.7 Å². The van der Waals surface area contributed by atoms with Gasteiger partial charge in [0.05, 0.1) is 12.8 Å². The largest absolute Gasteiger partial charge is 0.497 e. The van der Waals surface area contributed by atoms with E-state index in [0.717, 1.165) is 32.9 Å². The molecule has 5 nitrogen and oxygen atoms in total. The van der Waals surface area contributed by atoms with Gasteiger partial charge >= 0.3 is 6.09 Å². The Balaban J connectivity index is 1.94. The molecule has 1 aliphatic heterocycles. The number of para-hydroxylation sites is 1. The molecule has 1 heterocycles. The number of aryl methyl sites for hydroxylation is 2. The van der Waals surface area contributed by atoms with Crippen LogP contribution in [0, 0.1) is 13.8 Å². The summed E-state index contributed by atoms with van der Waals surface area (Å²) in [5.74, 6) is 0.395. The summed E-state index contributed by atoms with van der Waals surface area (Å²) in [7, 11) is 1.62. The maximum Gasteiger partial charge on any atom is 0.421 e. The Hall–Kier alpha value is -3.25. The lowest BCUT2D eigenvalue weighted by molar-refractivity contribution is -0.119. The number of anilines is 1. The topological polar surface area (TPSA) is 55.8 Å². The molecule has 0 fully saturated rings. The second-order valence-corrected chi connectivity index (χ2v) is 10.8. The molecule has 176 valence electrons. The maximum atomic E-state index is 14.3. The molecule has 0 aliphatic carbocycles. The Morgan fingerprint density at radius 2 is 1.56 bits per heavy atom. The van der Waals surface area contributed by atoms with Gasteiger partial charge in [-0.2, -0.15) is 0 Å². The SMILES string of the molecule is COc1ccc(S[C@]2(c3cc(C)cc(C)c3)C(=O)N(C(=O)OC(C)(C)C)c3ccccc32)cc1. The summed E-state index contributed by atoms with van der Waals surface area (Å²) in [6.07, 6.45) is -0.675. The molecule has 0 N–H and O–H groups in total. The van der Waals surface area contributed by atoms with Crippen LogP contribution >= 0.6 is 11.8 Å². The quantitative estimate of drug-likeness (QED) is 0.424. The zero-order chi connectivity index (χ0) is 24.7. The van der Waals surface area contributed by atoms with Gasteiger partial charge < -0.3 is 9.47 Å². The molecule has 2 amide bonds. The number of benzene rings is 3. The van der Waals surface area contributed by atoms with E-state index in [1.807, 2.05) is 68.4 Å². The molecule has 0 unspecified atom stereocenters. The van der Waals surface area contributed by atoms with Crippen molar-refractivity contribution in [1.82, 2.24) is 0 Å². The molecule has 0 radical (unpaired) electrons. The van der Waals surface area contributed by atoms with E-state index in [0.29, 0.717) is 5.69 Å². The number of nitrogens with zero attached hydrogens (tertiary/aromatic N) is 1. The molecule has 0 bridgehead atoms. The van der Waals surface area contributed by atoms with Crippen LogP contribution in [0.15, 0.2) is 71.6 Å². The third-order valence-electron chi connectivity index (χ3n) is 5.56. The molecule has 4 rings (SSSR count). The summed E-state index contributed by atoms with van der Waals surface area (Å²) >= 11 is 1.42. The average Bonchev–Trinajstić information content (AvgIpc) is 3.01. The number of methoxy groups -OCH3 is 1. The third kappa shape index (κ3) is 4.30. The second kappa shape index (κ2) is 8.84. The number of ether oxygens (including phenoxy) is 2. The zero-order valence-electron chi connectivity index (χ0n) is 20.3. The fourth-order valence-electron chi connectivity index (χ4n) is 4.27. The van der Waals surface area contributed by atoms with E-state index >= 15 is 0 Å². The van der Waals surface area contributed by atoms with Crippen molar-refractivity contribution in [2.75, 3.05) is 12.0 Å². The molecule has 3 aromatic carbocycles. The van der Waals surface area contributed by atoms with Crippen molar-refractivity contribution in [2.24, 2.45) is 0 Å². The van der Waals surface area contributed by atoms with Gasteiger partial charge in [-0.3, -0.25) is 4.79 Å². The first-order valence-corrected chi connectivity index (χ1v) is 12.0. The number of hydrogen-bond acceptors (Lipinski definition) is 5. The Morgan fingerprint density at radius 1 is 0.941 bits per heavy atom. The van der Waals surface area contributed by atoms with Gasteiger partial charge in [-0.15, -0.1) is 0 Å². The smallest absolute Gasteiger partial charge is 0.421 e. The van der Waals surface area contributed by atoms with Crippen LogP contribution in [-0.2, 0) is 14.3 Å². The van der Waals surface area contributed by atoms with Gasteiger partial charge in [0.25, 0.3) is 5.91 Å². The predicted octanol–water partition coefficient (Wildman–Crippen LogP) is 6.63. The van der Waals surface area contributed by atoms with Crippen LogP contribution in [0.2, 0.25) is 0 Å². The average molecular weight is 476 g/mol. The summed E-state index contributed by atoms with van der Waals surface area (Å²) in [6, 6.07) is 21.2. The predicted molar refractivity (Wildman–Crippen MR) is 136 cm³/mol. The lowest BCUT2D eigenvalue weighted by atomic mass is 9.89. The summed E-state index contributed by atoms with van der Waals surface area (Å²) in [4.78, 5) is 29.7. The molecule has 1 atom stereocenters. The number of fused-ring (bicyclic) bond motifs is 1. The minimum Gasteiger partial charge on any atom is -0.497 e. The molecule has 6 heteroatoms. The highest BCUT2D eigenvalue weighted by Gasteiger charge is 2.56. The van der Waals surface area contributed by atoms with Gasteiger partial charge in [-0.05, 0) is 70.5 Å². The number of amides is 2. The second-order valence-electron chi connectivity index (χ2n) is 9.47. The summed E-state index contributed by atoms with van der Waals surface area (Å²) < 4.78 is 9.80. The molecule has 3 aromatic rings. The van der Waals surface area contributed by atoms with E-state index in [-0.39, 0.29) is 5.91 Å². The van der Waals surface area contributed by atoms with Crippen LogP contribution < -0.4 is 9.64 Å². The highest BCUT2D eigenvalue weighted by atomic mass is 32.2. The van der Waals surface area contributed by atoms with Gasteiger partial charge in [0, 0.05) is 10.5 Å². The molecule has 0 aromatic heterocycles. The van der Waals surface area contributed by atoms with Crippen molar-refractivity contribution in [3.05, 3.63) is 89.0 Å². The van der Waals surface area contributed by atoms with Crippen LogP contribution in [0.1, 0.15) is 43.0 Å². The summed E-state index contributed by atoms with van der Waals surface area (Å²) in [6.45, 7) is 9.40. The van der Waals surface area contributed by atoms with E-state index in [2.05, 4.69) is 6.07 Å².